The van der Waals surface area contributed by atoms with E-state index in [0.29, 0.717) is 25.6 Å². The third-order valence-electron chi connectivity index (χ3n) is 2.53. The number of amides is 1. The largest absolute Gasteiger partial charge is 0.506 e. The van der Waals surface area contributed by atoms with Gasteiger partial charge in [0.15, 0.2) is 0 Å². The second-order valence-electron chi connectivity index (χ2n) is 4.03. The highest BCUT2D eigenvalue weighted by molar-refractivity contribution is 9.10. The maximum atomic E-state index is 11.8. The number of rotatable bonds is 3. The molecule has 0 saturated heterocycles. The van der Waals surface area contributed by atoms with Crippen molar-refractivity contribution in [2.45, 2.75) is 0 Å². The van der Waals surface area contributed by atoms with E-state index in [1.165, 1.54) is 12.3 Å². The van der Waals surface area contributed by atoms with Crippen molar-refractivity contribution < 1.29 is 9.90 Å². The van der Waals surface area contributed by atoms with Crippen LogP contribution in [0.4, 0.5) is 0 Å². The molecule has 0 saturated carbocycles. The Balaban J connectivity index is 2.09. The summed E-state index contributed by atoms with van der Waals surface area (Å²) < 4.78 is 0.445. The van der Waals surface area contributed by atoms with Crippen molar-refractivity contribution in [1.82, 2.24) is 5.43 Å². The number of hydrogen-bond donors (Lipinski definition) is 2. The number of phenolic OH excluding ortho intramolecular Hbond substituents is 1. The molecule has 0 atom stereocenters. The molecule has 0 bridgehead atoms. The monoisotopic (exact) mass is 386 g/mol. The fraction of sp³-hybridized carbons (Fsp3) is 0. The molecule has 21 heavy (non-hydrogen) atoms. The number of hydrogen-bond acceptors (Lipinski definition) is 3. The Hall–Kier alpha value is -1.56. The Bertz CT molecular complexity index is 703. The van der Waals surface area contributed by atoms with Gasteiger partial charge in [-0.3, -0.25) is 4.79 Å². The number of carbonyl (C=O) groups excluding carboxylic acids is 1. The van der Waals surface area contributed by atoms with Gasteiger partial charge in [0.05, 0.1) is 10.7 Å². The van der Waals surface area contributed by atoms with Crippen molar-refractivity contribution in [2.75, 3.05) is 0 Å². The van der Waals surface area contributed by atoms with Gasteiger partial charge < -0.3 is 5.11 Å². The van der Waals surface area contributed by atoms with E-state index in [1.807, 2.05) is 0 Å². The summed E-state index contributed by atoms with van der Waals surface area (Å²) in [6.07, 6.45) is 1.31. The molecule has 0 heterocycles. The number of benzene rings is 2. The van der Waals surface area contributed by atoms with Crippen LogP contribution in [-0.2, 0) is 0 Å². The SMILES string of the molecule is O=C(N/N=C\c1cc(Cl)cc(Br)c1O)c1ccc(Cl)cc1. The van der Waals surface area contributed by atoms with Gasteiger partial charge in [0.1, 0.15) is 5.75 Å². The van der Waals surface area contributed by atoms with E-state index in [-0.39, 0.29) is 11.7 Å². The van der Waals surface area contributed by atoms with Gasteiger partial charge in [0.2, 0.25) is 0 Å². The number of phenols is 1. The van der Waals surface area contributed by atoms with E-state index in [9.17, 15) is 9.90 Å². The summed E-state index contributed by atoms with van der Waals surface area (Å²) in [5, 5.41) is 14.6. The average Bonchev–Trinajstić information content (AvgIpc) is 2.44. The van der Waals surface area contributed by atoms with Gasteiger partial charge in [-0.2, -0.15) is 5.10 Å². The molecular weight excluding hydrogens is 379 g/mol. The van der Waals surface area contributed by atoms with E-state index in [1.54, 1.807) is 30.3 Å². The standard InChI is InChI=1S/C14H9BrCl2N2O2/c15-12-6-11(17)5-9(13(12)20)7-18-19-14(21)8-1-3-10(16)4-2-8/h1-7,20H,(H,19,21)/b18-7-. The van der Waals surface area contributed by atoms with E-state index < -0.39 is 0 Å². The minimum atomic E-state index is -0.386. The molecule has 0 unspecified atom stereocenters. The predicted molar refractivity (Wildman–Crippen MR) is 87.3 cm³/mol. The van der Waals surface area contributed by atoms with Crippen molar-refractivity contribution in [1.29, 1.82) is 0 Å². The Morgan fingerprint density at radius 3 is 2.52 bits per heavy atom. The third kappa shape index (κ3) is 4.20. The highest BCUT2D eigenvalue weighted by Gasteiger charge is 2.06. The van der Waals surface area contributed by atoms with E-state index in [0.717, 1.165) is 0 Å². The Morgan fingerprint density at radius 1 is 1.19 bits per heavy atom. The first-order valence-corrected chi connectivity index (χ1v) is 7.29. The first-order chi connectivity index (χ1) is 9.97. The predicted octanol–water partition coefficient (Wildman–Crippen LogP) is 4.23. The van der Waals surface area contributed by atoms with Crippen LogP contribution >= 0.6 is 39.1 Å². The van der Waals surface area contributed by atoms with Crippen LogP contribution in [0.3, 0.4) is 0 Å². The molecule has 2 aromatic carbocycles. The molecule has 2 aromatic rings. The van der Waals surface area contributed by atoms with Crippen molar-refractivity contribution >= 4 is 51.3 Å². The lowest BCUT2D eigenvalue weighted by atomic mass is 10.2. The van der Waals surface area contributed by atoms with Gasteiger partial charge in [0, 0.05) is 21.2 Å². The smallest absolute Gasteiger partial charge is 0.271 e. The Labute approximate surface area is 139 Å². The first-order valence-electron chi connectivity index (χ1n) is 5.74. The fourth-order valence-electron chi connectivity index (χ4n) is 1.51. The zero-order valence-corrected chi connectivity index (χ0v) is 13.6. The molecule has 2 N–H and O–H groups in total. The van der Waals surface area contributed by atoms with Crippen LogP contribution < -0.4 is 5.43 Å². The number of nitrogens with zero attached hydrogens (tertiary/aromatic N) is 1. The molecule has 4 nitrogen and oxygen atoms in total. The summed E-state index contributed by atoms with van der Waals surface area (Å²) in [6.45, 7) is 0. The molecule has 0 aromatic heterocycles. The number of halogens is 3. The van der Waals surface area contributed by atoms with Crippen LogP contribution in [0.2, 0.25) is 10.0 Å². The second kappa shape index (κ2) is 6.93. The number of nitrogens with one attached hydrogen (secondary N) is 1. The quantitative estimate of drug-likeness (QED) is 0.611. The molecule has 1 amide bonds. The van der Waals surface area contributed by atoms with Gasteiger partial charge >= 0.3 is 0 Å². The molecule has 0 fully saturated rings. The van der Waals surface area contributed by atoms with Gasteiger partial charge in [-0.1, -0.05) is 23.2 Å². The normalized spacial score (nSPS) is 10.8. The summed E-state index contributed by atoms with van der Waals surface area (Å²) in [6, 6.07) is 9.47. The van der Waals surface area contributed by atoms with Crippen molar-refractivity contribution in [2.24, 2.45) is 5.10 Å². The summed E-state index contributed by atoms with van der Waals surface area (Å²) >= 11 is 14.8. The highest BCUT2D eigenvalue weighted by atomic mass is 79.9. The van der Waals surface area contributed by atoms with E-state index in [4.69, 9.17) is 23.2 Å². The van der Waals surface area contributed by atoms with Crippen LogP contribution in [0.15, 0.2) is 46.0 Å². The molecule has 0 aliphatic carbocycles. The molecule has 0 spiro atoms. The van der Waals surface area contributed by atoms with Crippen molar-refractivity contribution in [3.8, 4) is 5.75 Å². The second-order valence-corrected chi connectivity index (χ2v) is 5.76. The summed E-state index contributed by atoms with van der Waals surface area (Å²) in [4.78, 5) is 11.8. The van der Waals surface area contributed by atoms with Crippen LogP contribution in [0, 0.1) is 0 Å². The fourth-order valence-corrected chi connectivity index (χ4v) is 2.47. The van der Waals surface area contributed by atoms with E-state index in [2.05, 4.69) is 26.5 Å². The minimum Gasteiger partial charge on any atom is -0.506 e. The minimum absolute atomic E-state index is 0.0103. The van der Waals surface area contributed by atoms with Gasteiger partial charge in [0.25, 0.3) is 5.91 Å². The van der Waals surface area contributed by atoms with Crippen LogP contribution in [0.25, 0.3) is 0 Å². The zero-order chi connectivity index (χ0) is 15.4. The maximum Gasteiger partial charge on any atom is 0.271 e. The third-order valence-corrected chi connectivity index (χ3v) is 3.61. The van der Waals surface area contributed by atoms with Crippen LogP contribution in [-0.4, -0.2) is 17.2 Å². The lowest BCUT2D eigenvalue weighted by molar-refractivity contribution is 0.0955. The van der Waals surface area contributed by atoms with Crippen LogP contribution in [0.1, 0.15) is 15.9 Å². The molecule has 7 heteroatoms. The van der Waals surface area contributed by atoms with Crippen LogP contribution in [0.5, 0.6) is 5.75 Å². The van der Waals surface area contributed by atoms with Crippen molar-refractivity contribution in [3.05, 3.63) is 62.0 Å². The molecule has 108 valence electrons. The zero-order valence-electron chi connectivity index (χ0n) is 10.5. The molecule has 0 radical (unpaired) electrons. The average molecular weight is 388 g/mol. The number of hydrazone groups is 1. The summed E-state index contributed by atoms with van der Waals surface area (Å²) in [7, 11) is 0. The molecule has 2 rings (SSSR count). The lowest BCUT2D eigenvalue weighted by Gasteiger charge is -2.03. The van der Waals surface area contributed by atoms with Gasteiger partial charge in [-0.15, -0.1) is 0 Å². The number of carbonyl (C=O) groups is 1. The lowest BCUT2D eigenvalue weighted by Crippen LogP contribution is -2.17. The van der Waals surface area contributed by atoms with E-state index >= 15 is 0 Å². The maximum absolute atomic E-state index is 11.8. The Kier molecular flexibility index (Phi) is 5.22. The summed E-state index contributed by atoms with van der Waals surface area (Å²) in [5.74, 6) is -0.396. The van der Waals surface area contributed by atoms with Gasteiger partial charge in [-0.05, 0) is 52.3 Å². The topological polar surface area (TPSA) is 61.7 Å². The Morgan fingerprint density at radius 2 is 1.86 bits per heavy atom. The summed E-state index contributed by atoms with van der Waals surface area (Å²) in [5.41, 5.74) is 3.16. The molecule has 0 aliphatic heterocycles. The van der Waals surface area contributed by atoms with Crippen molar-refractivity contribution in [3.63, 3.8) is 0 Å². The first kappa shape index (κ1) is 15.8. The molecular formula is C14H9BrCl2N2O2. The highest BCUT2D eigenvalue weighted by Crippen LogP contribution is 2.30. The number of aromatic hydroxyl groups is 1. The van der Waals surface area contributed by atoms with Gasteiger partial charge in [-0.25, -0.2) is 5.43 Å². The molecule has 0 aliphatic rings.